The zero-order valence-electron chi connectivity index (χ0n) is 52.5. The summed E-state index contributed by atoms with van der Waals surface area (Å²) in [5.74, 6) is 2.44. The van der Waals surface area contributed by atoms with Crippen LogP contribution in [0.1, 0.15) is 108 Å². The summed E-state index contributed by atoms with van der Waals surface area (Å²) in [5.41, 5.74) is 3.19. The molecule has 452 valence electrons. The summed E-state index contributed by atoms with van der Waals surface area (Å²) in [6, 6.07) is 19.6. The lowest BCUT2D eigenvalue weighted by Gasteiger charge is -2.24. The van der Waals surface area contributed by atoms with Gasteiger partial charge in [-0.2, -0.15) is 0 Å². The van der Waals surface area contributed by atoms with Crippen molar-refractivity contribution in [2.45, 2.75) is 119 Å². The van der Waals surface area contributed by atoms with Crippen LogP contribution < -0.4 is 9.47 Å². The Kier molecular flexibility index (Phi) is 41.8. The standard InChI is InChI=1S/C12H20O.C11H11NO2.C11H13NO.C11H16O.C9H9NO2.C8H12O.C7H8O.C3H6/c1-6-8-9-10-11(3)13-12(4,5)7-2;1-3-5-6-9(4-2)12-10(13)7-8-11(12)14;1-3-5-7-10(4-2)12-9-6-8-11(12)13;1-4-11(2,3)12-10-8-6-5-7-9-10;1-3-7(4-2)10-8(11)5-6-9(10)12;1-7-3-5-8(9-2)6-4-7;1-8-7-5-3-2-4-6-7;1-3-2/h6,9-10H,1,3,7-8H2,2,4-5H3;3-8H,2H2,1H3;3-8H,1,9H2,2H3;5-9H,4H2,1-3H3;3-6H,1H2,2H3;3,5H,4,6H2,1-2H3;2-6H,1H3;3H,1H2,2H3/b;5-3-,9-6+;7-5-,10-4+;;7-4+;;;. The van der Waals surface area contributed by atoms with Gasteiger partial charge >= 0.3 is 0 Å². The van der Waals surface area contributed by atoms with Crippen molar-refractivity contribution < 1.29 is 42.9 Å². The minimum Gasteiger partial charge on any atom is -0.501 e. The van der Waals surface area contributed by atoms with Crippen LogP contribution in [-0.2, 0) is 33.4 Å². The smallest absolute Gasteiger partial charge is 0.258 e. The van der Waals surface area contributed by atoms with Crippen LogP contribution in [0.15, 0.2) is 268 Å². The second-order valence-electron chi connectivity index (χ2n) is 19.0. The molecule has 0 radical (unpaired) electrons. The number of para-hydroxylation sites is 2. The molecular formula is C72H95N3O9. The van der Waals surface area contributed by atoms with E-state index in [-0.39, 0.29) is 40.7 Å². The third-order valence-corrected chi connectivity index (χ3v) is 11.5. The van der Waals surface area contributed by atoms with Crippen LogP contribution in [0.5, 0.6) is 11.5 Å². The van der Waals surface area contributed by atoms with E-state index in [9.17, 15) is 24.0 Å². The van der Waals surface area contributed by atoms with E-state index in [1.807, 2.05) is 136 Å². The molecule has 2 aromatic rings. The first-order chi connectivity index (χ1) is 40.0. The quantitative estimate of drug-likeness (QED) is 0.0584. The number of carbonyl (C=O) groups is 5. The molecule has 0 saturated heterocycles. The Labute approximate surface area is 504 Å². The fourth-order valence-electron chi connectivity index (χ4n) is 6.34. The lowest BCUT2D eigenvalue weighted by Crippen LogP contribution is -2.28. The molecule has 3 aliphatic heterocycles. The Morgan fingerprint density at radius 1 is 0.607 bits per heavy atom. The zero-order chi connectivity index (χ0) is 63.9. The van der Waals surface area contributed by atoms with Crippen molar-refractivity contribution in [1.82, 2.24) is 14.7 Å². The van der Waals surface area contributed by atoms with Crippen LogP contribution in [0.3, 0.4) is 0 Å². The van der Waals surface area contributed by atoms with E-state index in [4.69, 9.17) is 18.9 Å². The Morgan fingerprint density at radius 2 is 1.11 bits per heavy atom. The molecule has 0 bridgehead atoms. The maximum atomic E-state index is 11.3. The average Bonchev–Trinajstić information content (AvgIpc) is 4.26. The van der Waals surface area contributed by atoms with Gasteiger partial charge in [0.2, 0.25) is 0 Å². The second kappa shape index (κ2) is 45.6. The third-order valence-electron chi connectivity index (χ3n) is 11.5. The second-order valence-corrected chi connectivity index (χ2v) is 19.0. The molecule has 12 nitrogen and oxygen atoms in total. The Bertz CT molecular complexity index is 2740. The van der Waals surface area contributed by atoms with Gasteiger partial charge in [-0.05, 0) is 149 Å². The molecule has 0 saturated carbocycles. The van der Waals surface area contributed by atoms with Crippen LogP contribution >= 0.6 is 0 Å². The molecule has 4 aliphatic rings. The SMILES string of the molecule is C=C/C(=C\C)N1C(=O)C=CC1=O.C=C/C(=C\C=C/C)N1C(=O)C=CC1=O.C=C/C=C\C(=C/C)N1CC=CC1=O.C=CC.C=CCC=CC(=C)OC(C)(C)CC.CCC(C)(C)Oc1ccccc1.COC1=CC=C(C)CC1.COc1ccccc1. The number of nitrogens with zero attached hydrogens (tertiary/aromatic N) is 3. The van der Waals surface area contributed by atoms with Crippen LogP contribution in [0.4, 0.5) is 0 Å². The van der Waals surface area contributed by atoms with Crippen molar-refractivity contribution in [3.8, 4) is 11.5 Å². The molecule has 2 aromatic carbocycles. The van der Waals surface area contributed by atoms with Gasteiger partial charge in [-0.1, -0.05) is 149 Å². The van der Waals surface area contributed by atoms with Crippen LogP contribution in [-0.4, -0.2) is 76.2 Å². The van der Waals surface area contributed by atoms with Gasteiger partial charge in [-0.15, -0.1) is 13.2 Å². The molecule has 5 amide bonds. The number of imide groups is 2. The molecule has 12 heteroatoms. The highest BCUT2D eigenvalue weighted by Crippen LogP contribution is 2.21. The minimum atomic E-state index is -0.328. The topological polar surface area (TPSA) is 132 Å². The van der Waals surface area contributed by atoms with Crippen molar-refractivity contribution in [3.63, 3.8) is 0 Å². The van der Waals surface area contributed by atoms with E-state index in [0.717, 1.165) is 64.9 Å². The van der Waals surface area contributed by atoms with Gasteiger partial charge in [0.25, 0.3) is 29.5 Å². The van der Waals surface area contributed by atoms with Gasteiger partial charge in [-0.3, -0.25) is 24.0 Å². The van der Waals surface area contributed by atoms with E-state index >= 15 is 0 Å². The molecule has 3 heterocycles. The zero-order valence-corrected chi connectivity index (χ0v) is 52.5. The Balaban J connectivity index is 0. The number of carbonyl (C=O) groups excluding carboxylic acids is 5. The van der Waals surface area contributed by atoms with Crippen molar-refractivity contribution in [3.05, 3.63) is 268 Å². The highest BCUT2D eigenvalue weighted by atomic mass is 16.5. The molecule has 84 heavy (non-hydrogen) atoms. The van der Waals surface area contributed by atoms with Gasteiger partial charge in [0.15, 0.2) is 0 Å². The first-order valence-electron chi connectivity index (χ1n) is 27.8. The number of amides is 5. The number of hydrogen-bond acceptors (Lipinski definition) is 9. The lowest BCUT2D eigenvalue weighted by atomic mass is 10.1. The molecule has 0 aromatic heterocycles. The van der Waals surface area contributed by atoms with Crippen molar-refractivity contribution in [2.75, 3.05) is 20.8 Å². The molecule has 0 fully saturated rings. The van der Waals surface area contributed by atoms with Crippen LogP contribution in [0.25, 0.3) is 0 Å². The van der Waals surface area contributed by atoms with Gasteiger partial charge in [0.05, 0.1) is 25.7 Å². The van der Waals surface area contributed by atoms with Crippen LogP contribution in [0.2, 0.25) is 0 Å². The fourth-order valence-corrected chi connectivity index (χ4v) is 6.34. The number of ether oxygens (including phenoxy) is 4. The van der Waals surface area contributed by atoms with E-state index in [1.54, 1.807) is 62.5 Å². The maximum absolute atomic E-state index is 11.3. The monoisotopic (exact) mass is 1150 g/mol. The molecule has 6 rings (SSSR count). The first-order valence-corrected chi connectivity index (χ1v) is 27.8. The van der Waals surface area contributed by atoms with E-state index in [1.165, 1.54) is 42.0 Å². The highest BCUT2D eigenvalue weighted by molar-refractivity contribution is 6.15. The van der Waals surface area contributed by atoms with E-state index in [2.05, 4.69) is 94.0 Å². The number of rotatable bonds is 19. The number of benzene rings is 2. The van der Waals surface area contributed by atoms with E-state index < -0.39 is 0 Å². The Morgan fingerprint density at radius 3 is 1.48 bits per heavy atom. The van der Waals surface area contributed by atoms with Crippen molar-refractivity contribution >= 4 is 29.5 Å². The summed E-state index contributed by atoms with van der Waals surface area (Å²) in [4.78, 5) is 59.8. The molecule has 0 atom stereocenters. The molecule has 0 spiro atoms. The van der Waals surface area contributed by atoms with Gasteiger partial charge in [-0.25, -0.2) is 9.80 Å². The van der Waals surface area contributed by atoms with E-state index in [0.29, 0.717) is 23.7 Å². The number of hydrogen-bond donors (Lipinski definition) is 0. The highest BCUT2D eigenvalue weighted by Gasteiger charge is 2.26. The summed E-state index contributed by atoms with van der Waals surface area (Å²) in [6.45, 7) is 44.2. The average molecular weight is 1150 g/mol. The lowest BCUT2D eigenvalue weighted by molar-refractivity contribution is -0.135. The third kappa shape index (κ3) is 33.7. The van der Waals surface area contributed by atoms with Crippen LogP contribution in [0, 0.1) is 0 Å². The largest absolute Gasteiger partial charge is 0.501 e. The minimum absolute atomic E-state index is 0.0433. The summed E-state index contributed by atoms with van der Waals surface area (Å²) in [7, 11) is 3.38. The molecule has 0 N–H and O–H groups in total. The van der Waals surface area contributed by atoms with Crippen molar-refractivity contribution in [2.24, 2.45) is 0 Å². The Hall–Kier alpha value is -9.03. The summed E-state index contributed by atoms with van der Waals surface area (Å²) >= 11 is 0. The van der Waals surface area contributed by atoms with Crippen molar-refractivity contribution in [1.29, 1.82) is 0 Å². The molecule has 0 unspecified atom stereocenters. The number of methoxy groups -OCH3 is 2. The maximum Gasteiger partial charge on any atom is 0.258 e. The summed E-state index contributed by atoms with van der Waals surface area (Å²) in [5, 5.41) is 0. The van der Waals surface area contributed by atoms with Gasteiger partial charge in [0, 0.05) is 54.7 Å². The predicted molar refractivity (Wildman–Crippen MR) is 350 cm³/mol. The molecule has 1 aliphatic carbocycles. The van der Waals surface area contributed by atoms with Gasteiger partial charge in [0.1, 0.15) is 28.5 Å². The normalized spacial score (nSPS) is 14.4. The number of allylic oxidation sites excluding steroid dienone is 18. The summed E-state index contributed by atoms with van der Waals surface area (Å²) < 4.78 is 21.3. The predicted octanol–water partition coefficient (Wildman–Crippen LogP) is 16.8. The van der Waals surface area contributed by atoms with Gasteiger partial charge < -0.3 is 23.8 Å². The summed E-state index contributed by atoms with van der Waals surface area (Å²) in [6.07, 6.45) is 42.2. The molecular weight excluding hydrogens is 1050 g/mol. The first kappa shape index (κ1) is 77.0. The fraction of sp³-hybridized carbons (Fsp3) is 0.292.